The predicted octanol–water partition coefficient (Wildman–Crippen LogP) is 6.24. The highest BCUT2D eigenvalue weighted by atomic mass is 35.5. The largest absolute Gasteiger partial charge is 0.505 e. The van der Waals surface area contributed by atoms with Gasteiger partial charge in [-0.05, 0) is 50.1 Å². The molecule has 0 aliphatic rings. The SMILES string of the molecule is CCCCOC(=O)C(C)c1c(C)n(C(=O)c2ccc(Cl)c(Cl)c2)c2cc(F)c(O)cc12. The first-order chi connectivity index (χ1) is 14.7. The zero-order valence-corrected chi connectivity index (χ0v) is 18.9. The number of nitrogens with zero attached hydrogens (tertiary/aromatic N) is 1. The molecule has 3 rings (SSSR count). The second-order valence-electron chi connectivity index (χ2n) is 7.33. The minimum absolute atomic E-state index is 0.207. The number of phenolic OH excluding ortho intramolecular Hbond substituents is 1. The Balaban J connectivity index is 2.17. The number of esters is 1. The smallest absolute Gasteiger partial charge is 0.313 e. The van der Waals surface area contributed by atoms with Gasteiger partial charge in [0, 0.05) is 22.7 Å². The fraction of sp³-hybridized carbons (Fsp3) is 0.304. The number of hydrogen-bond donors (Lipinski definition) is 1. The third kappa shape index (κ3) is 4.41. The van der Waals surface area contributed by atoms with Crippen LogP contribution < -0.4 is 0 Å². The number of ether oxygens (including phenoxy) is 1. The van der Waals surface area contributed by atoms with Gasteiger partial charge in [0.05, 0.1) is 28.1 Å². The van der Waals surface area contributed by atoms with E-state index in [0.29, 0.717) is 28.3 Å². The summed E-state index contributed by atoms with van der Waals surface area (Å²) in [6, 6.07) is 6.74. The van der Waals surface area contributed by atoms with Crippen LogP contribution in [0.1, 0.15) is 54.2 Å². The molecule has 0 aliphatic heterocycles. The number of benzene rings is 2. The van der Waals surface area contributed by atoms with E-state index in [4.69, 9.17) is 27.9 Å². The lowest BCUT2D eigenvalue weighted by atomic mass is 9.98. The first-order valence-corrected chi connectivity index (χ1v) is 10.6. The third-order valence-electron chi connectivity index (χ3n) is 5.22. The van der Waals surface area contributed by atoms with E-state index in [0.717, 1.165) is 18.9 Å². The molecule has 1 atom stereocenters. The van der Waals surface area contributed by atoms with Gasteiger partial charge < -0.3 is 9.84 Å². The number of phenols is 1. The van der Waals surface area contributed by atoms with E-state index in [1.807, 2.05) is 6.92 Å². The second-order valence-corrected chi connectivity index (χ2v) is 8.15. The van der Waals surface area contributed by atoms with E-state index < -0.39 is 29.4 Å². The molecule has 0 spiro atoms. The highest BCUT2D eigenvalue weighted by molar-refractivity contribution is 6.42. The van der Waals surface area contributed by atoms with Gasteiger partial charge in [-0.15, -0.1) is 0 Å². The minimum Gasteiger partial charge on any atom is -0.505 e. The summed E-state index contributed by atoms with van der Waals surface area (Å²) in [4.78, 5) is 25.9. The molecule has 0 saturated heterocycles. The average molecular weight is 466 g/mol. The van der Waals surface area contributed by atoms with Crippen molar-refractivity contribution in [1.82, 2.24) is 4.57 Å². The molecule has 1 heterocycles. The van der Waals surface area contributed by atoms with Crippen molar-refractivity contribution in [2.75, 3.05) is 6.61 Å². The number of carbonyl (C=O) groups is 2. The van der Waals surface area contributed by atoms with Crippen molar-refractivity contribution in [3.63, 3.8) is 0 Å². The van der Waals surface area contributed by atoms with Crippen LogP contribution in [0.5, 0.6) is 5.75 Å². The molecule has 5 nitrogen and oxygen atoms in total. The summed E-state index contributed by atoms with van der Waals surface area (Å²) in [5, 5.41) is 10.8. The Hall–Kier alpha value is -2.57. The van der Waals surface area contributed by atoms with Crippen molar-refractivity contribution in [3.05, 3.63) is 63.0 Å². The maximum absolute atomic E-state index is 14.2. The summed E-state index contributed by atoms with van der Waals surface area (Å²) in [6.45, 7) is 5.60. The van der Waals surface area contributed by atoms with E-state index in [1.54, 1.807) is 13.8 Å². The Morgan fingerprint density at radius 3 is 2.55 bits per heavy atom. The molecular weight excluding hydrogens is 444 g/mol. The van der Waals surface area contributed by atoms with E-state index in [9.17, 15) is 19.1 Å². The lowest BCUT2D eigenvalue weighted by Gasteiger charge is -2.13. The summed E-state index contributed by atoms with van der Waals surface area (Å²) in [6.07, 6.45) is 1.62. The molecule has 0 bridgehead atoms. The van der Waals surface area contributed by atoms with Crippen LogP contribution >= 0.6 is 23.2 Å². The second kappa shape index (κ2) is 9.28. The summed E-state index contributed by atoms with van der Waals surface area (Å²) in [5.41, 5.74) is 1.40. The molecule has 0 aliphatic carbocycles. The number of halogens is 3. The van der Waals surface area contributed by atoms with E-state index >= 15 is 0 Å². The minimum atomic E-state index is -0.877. The lowest BCUT2D eigenvalue weighted by Crippen LogP contribution is -2.17. The van der Waals surface area contributed by atoms with Gasteiger partial charge in [0.25, 0.3) is 5.91 Å². The molecule has 1 N–H and O–H groups in total. The fourth-order valence-electron chi connectivity index (χ4n) is 3.57. The Kier molecular flexibility index (Phi) is 6.92. The molecule has 8 heteroatoms. The van der Waals surface area contributed by atoms with Crippen molar-refractivity contribution >= 4 is 46.0 Å². The van der Waals surface area contributed by atoms with Crippen LogP contribution in [-0.4, -0.2) is 28.2 Å². The van der Waals surface area contributed by atoms with Crippen LogP contribution in [0.3, 0.4) is 0 Å². The molecule has 31 heavy (non-hydrogen) atoms. The van der Waals surface area contributed by atoms with Gasteiger partial charge in [0.2, 0.25) is 0 Å². The normalized spacial score (nSPS) is 12.2. The van der Waals surface area contributed by atoms with Crippen LogP contribution in [0.4, 0.5) is 4.39 Å². The van der Waals surface area contributed by atoms with Crippen LogP contribution in [-0.2, 0) is 9.53 Å². The maximum Gasteiger partial charge on any atom is 0.313 e. The quantitative estimate of drug-likeness (QED) is 0.345. The first-order valence-electron chi connectivity index (χ1n) is 9.87. The van der Waals surface area contributed by atoms with Gasteiger partial charge >= 0.3 is 5.97 Å². The highest BCUT2D eigenvalue weighted by Crippen LogP contribution is 2.36. The number of carbonyl (C=O) groups excluding carboxylic acids is 2. The summed E-state index contributed by atoms with van der Waals surface area (Å²) in [5.74, 6) is -3.10. The topological polar surface area (TPSA) is 68.5 Å². The molecule has 0 radical (unpaired) electrons. The van der Waals surface area contributed by atoms with Crippen LogP contribution in [0.15, 0.2) is 30.3 Å². The zero-order valence-electron chi connectivity index (χ0n) is 17.3. The molecule has 0 fully saturated rings. The number of aromatic nitrogens is 1. The number of rotatable bonds is 6. The molecular formula is C23H22Cl2FNO4. The molecule has 1 aromatic heterocycles. The van der Waals surface area contributed by atoms with E-state index in [1.165, 1.54) is 28.8 Å². The Labute approximate surface area is 189 Å². The Bertz CT molecular complexity index is 1170. The van der Waals surface area contributed by atoms with Gasteiger partial charge in [-0.3, -0.25) is 14.2 Å². The van der Waals surface area contributed by atoms with Gasteiger partial charge in [-0.2, -0.15) is 0 Å². The van der Waals surface area contributed by atoms with Crippen LogP contribution in [0.25, 0.3) is 10.9 Å². The molecule has 3 aromatic rings. The van der Waals surface area contributed by atoms with Gasteiger partial charge in [0.1, 0.15) is 0 Å². The highest BCUT2D eigenvalue weighted by Gasteiger charge is 2.28. The number of fused-ring (bicyclic) bond motifs is 1. The number of aromatic hydroxyl groups is 1. The van der Waals surface area contributed by atoms with Gasteiger partial charge in [-0.25, -0.2) is 4.39 Å². The van der Waals surface area contributed by atoms with Crippen molar-refractivity contribution in [1.29, 1.82) is 0 Å². The third-order valence-corrected chi connectivity index (χ3v) is 5.96. The first kappa shape index (κ1) is 23.1. The Morgan fingerprint density at radius 2 is 1.90 bits per heavy atom. The monoisotopic (exact) mass is 465 g/mol. The number of unbranched alkanes of at least 4 members (excludes halogenated alkanes) is 1. The average Bonchev–Trinajstić information content (AvgIpc) is 3.00. The van der Waals surface area contributed by atoms with E-state index in [-0.39, 0.29) is 16.1 Å². The van der Waals surface area contributed by atoms with Crippen molar-refractivity contribution < 1.29 is 23.8 Å². The van der Waals surface area contributed by atoms with E-state index in [2.05, 4.69) is 0 Å². The van der Waals surface area contributed by atoms with Gasteiger partial charge in [-0.1, -0.05) is 36.5 Å². The molecule has 1 unspecified atom stereocenters. The Morgan fingerprint density at radius 1 is 1.19 bits per heavy atom. The molecule has 0 saturated carbocycles. The summed E-state index contributed by atoms with van der Waals surface area (Å²) >= 11 is 12.0. The summed E-state index contributed by atoms with van der Waals surface area (Å²) < 4.78 is 20.9. The van der Waals surface area contributed by atoms with Crippen molar-refractivity contribution in [2.45, 2.75) is 39.5 Å². The summed E-state index contributed by atoms with van der Waals surface area (Å²) in [7, 11) is 0. The van der Waals surface area contributed by atoms with Crippen LogP contribution in [0.2, 0.25) is 10.0 Å². The fourth-order valence-corrected chi connectivity index (χ4v) is 3.87. The lowest BCUT2D eigenvalue weighted by molar-refractivity contribution is -0.145. The molecule has 0 amide bonds. The maximum atomic E-state index is 14.2. The molecule has 164 valence electrons. The van der Waals surface area contributed by atoms with Crippen molar-refractivity contribution in [2.24, 2.45) is 0 Å². The number of hydrogen-bond acceptors (Lipinski definition) is 4. The standard InChI is InChI=1S/C23H22Cl2FNO4/c1-4-5-8-31-23(30)12(2)21-13(3)27(19-11-18(26)20(28)10-15(19)21)22(29)14-6-7-16(24)17(25)9-14/h6-7,9-12,28H,4-5,8H2,1-3H3. The van der Waals surface area contributed by atoms with Gasteiger partial charge in [0.15, 0.2) is 11.6 Å². The molecule has 2 aromatic carbocycles. The van der Waals surface area contributed by atoms with Crippen molar-refractivity contribution in [3.8, 4) is 5.75 Å². The predicted molar refractivity (Wildman–Crippen MR) is 119 cm³/mol. The van der Waals surface area contributed by atoms with Crippen LogP contribution in [0, 0.1) is 12.7 Å². The zero-order chi connectivity index (χ0) is 22.9.